The SMILES string of the molecule is CC(C)/C(=C/N)c1ncccn1. The lowest BCUT2D eigenvalue weighted by Gasteiger charge is -2.07. The van der Waals surface area contributed by atoms with Gasteiger partial charge in [-0.3, -0.25) is 0 Å². The minimum atomic E-state index is 0.359. The maximum atomic E-state index is 5.46. The third-order valence-electron chi connectivity index (χ3n) is 1.63. The second-order valence-corrected chi connectivity index (χ2v) is 2.85. The molecule has 1 rings (SSSR count). The molecule has 0 aromatic carbocycles. The van der Waals surface area contributed by atoms with Gasteiger partial charge in [0.25, 0.3) is 0 Å². The van der Waals surface area contributed by atoms with Gasteiger partial charge in [0.15, 0.2) is 5.82 Å². The van der Waals surface area contributed by atoms with Gasteiger partial charge in [0, 0.05) is 24.2 Å². The van der Waals surface area contributed by atoms with E-state index < -0.39 is 0 Å². The van der Waals surface area contributed by atoms with Crippen LogP contribution in [0.3, 0.4) is 0 Å². The Balaban J connectivity index is 2.97. The Bertz CT molecular complexity index is 264. The fourth-order valence-electron chi connectivity index (χ4n) is 0.973. The summed E-state index contributed by atoms with van der Waals surface area (Å²) in [6.07, 6.45) is 5.00. The summed E-state index contributed by atoms with van der Waals surface area (Å²) < 4.78 is 0. The zero-order chi connectivity index (χ0) is 8.97. The van der Waals surface area contributed by atoms with Crippen molar-refractivity contribution in [3.63, 3.8) is 0 Å². The van der Waals surface area contributed by atoms with Crippen LogP contribution in [0.5, 0.6) is 0 Å². The van der Waals surface area contributed by atoms with Crippen LogP contribution in [-0.2, 0) is 0 Å². The predicted molar refractivity (Wildman–Crippen MR) is 49.0 cm³/mol. The van der Waals surface area contributed by atoms with E-state index in [-0.39, 0.29) is 0 Å². The smallest absolute Gasteiger partial charge is 0.156 e. The van der Waals surface area contributed by atoms with Crippen LogP contribution in [0.2, 0.25) is 0 Å². The van der Waals surface area contributed by atoms with Gasteiger partial charge in [-0.05, 0) is 12.0 Å². The molecular weight excluding hydrogens is 150 g/mol. The first-order chi connectivity index (χ1) is 5.75. The fourth-order valence-corrected chi connectivity index (χ4v) is 0.973. The van der Waals surface area contributed by atoms with Crippen LogP contribution >= 0.6 is 0 Å². The molecule has 0 aliphatic rings. The summed E-state index contributed by atoms with van der Waals surface area (Å²) in [5, 5.41) is 0. The largest absolute Gasteiger partial charge is 0.404 e. The third-order valence-corrected chi connectivity index (χ3v) is 1.63. The molecule has 0 fully saturated rings. The van der Waals surface area contributed by atoms with E-state index in [0.29, 0.717) is 5.92 Å². The summed E-state index contributed by atoms with van der Waals surface area (Å²) in [5.74, 6) is 1.08. The lowest BCUT2D eigenvalue weighted by atomic mass is 10.0. The van der Waals surface area contributed by atoms with Crippen LogP contribution in [0.1, 0.15) is 19.7 Å². The van der Waals surface area contributed by atoms with Crippen molar-refractivity contribution in [1.82, 2.24) is 9.97 Å². The van der Waals surface area contributed by atoms with E-state index in [1.165, 1.54) is 0 Å². The summed E-state index contributed by atoms with van der Waals surface area (Å²) >= 11 is 0. The topological polar surface area (TPSA) is 51.8 Å². The second kappa shape index (κ2) is 3.85. The number of hydrogen-bond donors (Lipinski definition) is 1. The van der Waals surface area contributed by atoms with Crippen LogP contribution in [-0.4, -0.2) is 9.97 Å². The van der Waals surface area contributed by atoms with Crippen molar-refractivity contribution in [1.29, 1.82) is 0 Å². The van der Waals surface area contributed by atoms with Crippen LogP contribution in [0.25, 0.3) is 5.57 Å². The minimum absolute atomic E-state index is 0.359. The normalized spacial score (nSPS) is 12.1. The van der Waals surface area contributed by atoms with Gasteiger partial charge in [0.2, 0.25) is 0 Å². The molecule has 1 aromatic heterocycles. The second-order valence-electron chi connectivity index (χ2n) is 2.85. The van der Waals surface area contributed by atoms with E-state index in [0.717, 1.165) is 11.4 Å². The Labute approximate surface area is 72.3 Å². The van der Waals surface area contributed by atoms with Crippen molar-refractivity contribution in [2.24, 2.45) is 11.7 Å². The molecular formula is C9H13N3. The van der Waals surface area contributed by atoms with Crippen molar-refractivity contribution in [2.75, 3.05) is 0 Å². The van der Waals surface area contributed by atoms with Gasteiger partial charge >= 0.3 is 0 Å². The number of hydrogen-bond acceptors (Lipinski definition) is 3. The van der Waals surface area contributed by atoms with Gasteiger partial charge in [-0.1, -0.05) is 13.8 Å². The first-order valence-electron chi connectivity index (χ1n) is 3.95. The van der Waals surface area contributed by atoms with Gasteiger partial charge in [-0.25, -0.2) is 9.97 Å². The van der Waals surface area contributed by atoms with Crippen molar-refractivity contribution in [2.45, 2.75) is 13.8 Å². The van der Waals surface area contributed by atoms with Crippen LogP contribution in [0, 0.1) is 5.92 Å². The zero-order valence-corrected chi connectivity index (χ0v) is 7.36. The lowest BCUT2D eigenvalue weighted by molar-refractivity contribution is 0.835. The molecule has 0 aliphatic heterocycles. The van der Waals surface area contributed by atoms with E-state index in [4.69, 9.17) is 5.73 Å². The first kappa shape index (κ1) is 8.71. The van der Waals surface area contributed by atoms with Crippen LogP contribution in [0.4, 0.5) is 0 Å². The van der Waals surface area contributed by atoms with Gasteiger partial charge in [0.05, 0.1) is 0 Å². The molecule has 0 spiro atoms. The van der Waals surface area contributed by atoms with Gasteiger partial charge < -0.3 is 5.73 Å². The Hall–Kier alpha value is -1.38. The first-order valence-corrected chi connectivity index (χ1v) is 3.95. The standard InChI is InChI=1S/C9H13N3/c1-7(2)8(6-10)9-11-4-3-5-12-9/h3-7H,10H2,1-2H3/b8-6-. The average Bonchev–Trinajstić information content (AvgIpc) is 2.07. The Morgan fingerprint density at radius 1 is 1.42 bits per heavy atom. The quantitative estimate of drug-likeness (QED) is 0.717. The highest BCUT2D eigenvalue weighted by Crippen LogP contribution is 2.16. The third kappa shape index (κ3) is 1.81. The van der Waals surface area contributed by atoms with Crippen LogP contribution in [0.15, 0.2) is 24.7 Å². The zero-order valence-electron chi connectivity index (χ0n) is 7.36. The Morgan fingerprint density at radius 2 is 2.00 bits per heavy atom. The van der Waals surface area contributed by atoms with Crippen molar-refractivity contribution >= 4 is 5.57 Å². The van der Waals surface area contributed by atoms with Gasteiger partial charge in [-0.2, -0.15) is 0 Å². The number of rotatable bonds is 2. The molecule has 1 heterocycles. The van der Waals surface area contributed by atoms with E-state index in [9.17, 15) is 0 Å². The highest BCUT2D eigenvalue weighted by molar-refractivity contribution is 5.60. The summed E-state index contributed by atoms with van der Waals surface area (Å²) in [5.41, 5.74) is 6.45. The molecule has 0 saturated carbocycles. The monoisotopic (exact) mass is 163 g/mol. The Morgan fingerprint density at radius 3 is 2.42 bits per heavy atom. The number of aromatic nitrogens is 2. The summed E-state index contributed by atoms with van der Waals surface area (Å²) in [7, 11) is 0. The molecule has 2 N–H and O–H groups in total. The van der Waals surface area contributed by atoms with Crippen molar-refractivity contribution in [3.8, 4) is 0 Å². The number of nitrogens with two attached hydrogens (primary N) is 1. The lowest BCUT2D eigenvalue weighted by Crippen LogP contribution is -2.01. The molecule has 12 heavy (non-hydrogen) atoms. The highest BCUT2D eigenvalue weighted by Gasteiger charge is 2.06. The molecule has 0 radical (unpaired) electrons. The number of nitrogens with zero attached hydrogens (tertiary/aromatic N) is 2. The predicted octanol–water partition coefficient (Wildman–Crippen LogP) is 1.43. The van der Waals surface area contributed by atoms with Crippen molar-refractivity contribution in [3.05, 3.63) is 30.5 Å². The van der Waals surface area contributed by atoms with Crippen molar-refractivity contribution < 1.29 is 0 Å². The van der Waals surface area contributed by atoms with E-state index in [1.807, 2.05) is 0 Å². The summed E-state index contributed by atoms with van der Waals surface area (Å²) in [4.78, 5) is 8.22. The molecule has 0 saturated heterocycles. The highest BCUT2D eigenvalue weighted by atomic mass is 14.9. The molecule has 3 heteroatoms. The van der Waals surface area contributed by atoms with Crippen LogP contribution < -0.4 is 5.73 Å². The molecule has 0 bridgehead atoms. The molecule has 0 amide bonds. The van der Waals surface area contributed by atoms with Gasteiger partial charge in [0.1, 0.15) is 0 Å². The molecule has 0 atom stereocenters. The average molecular weight is 163 g/mol. The van der Waals surface area contributed by atoms with E-state index in [1.54, 1.807) is 24.7 Å². The summed E-state index contributed by atoms with van der Waals surface area (Å²) in [6.45, 7) is 4.13. The minimum Gasteiger partial charge on any atom is -0.404 e. The molecule has 64 valence electrons. The Kier molecular flexibility index (Phi) is 2.80. The molecule has 0 unspecified atom stereocenters. The fraction of sp³-hybridized carbons (Fsp3) is 0.333. The van der Waals surface area contributed by atoms with Gasteiger partial charge in [-0.15, -0.1) is 0 Å². The maximum absolute atomic E-state index is 5.46. The molecule has 1 aromatic rings. The number of allylic oxidation sites excluding steroid dienone is 1. The van der Waals surface area contributed by atoms with E-state index in [2.05, 4.69) is 23.8 Å². The maximum Gasteiger partial charge on any atom is 0.156 e. The molecule has 0 aliphatic carbocycles. The van der Waals surface area contributed by atoms with E-state index >= 15 is 0 Å². The molecule has 3 nitrogen and oxygen atoms in total. The summed E-state index contributed by atoms with van der Waals surface area (Å²) in [6, 6.07) is 1.79.